The van der Waals surface area contributed by atoms with E-state index in [0.717, 1.165) is 17.0 Å². The topological polar surface area (TPSA) is 91.8 Å². The average molecular weight is 363 g/mol. The number of rotatable bonds is 8. The quantitative estimate of drug-likeness (QED) is 0.757. The predicted molar refractivity (Wildman–Crippen MR) is 83.0 cm³/mol. The molecule has 0 unspecified atom stereocenters. The van der Waals surface area contributed by atoms with Gasteiger partial charge in [0.15, 0.2) is 21.5 Å². The molecule has 0 aromatic heterocycles. The van der Waals surface area contributed by atoms with Crippen LogP contribution in [-0.2, 0) is 26.0 Å². The predicted octanol–water partition coefficient (Wildman–Crippen LogP) is 1.59. The van der Waals surface area contributed by atoms with E-state index in [-0.39, 0.29) is 18.7 Å². The molecular weight excluding hydrogens is 344 g/mol. The third-order valence-corrected chi connectivity index (χ3v) is 5.43. The highest BCUT2D eigenvalue weighted by Crippen LogP contribution is 2.13. The molecule has 0 bridgehead atoms. The molecule has 0 saturated carbocycles. The minimum atomic E-state index is -3.66. The molecule has 0 aliphatic carbocycles. The third kappa shape index (κ3) is 5.88. The minimum absolute atomic E-state index is 0.211. The van der Waals surface area contributed by atoms with E-state index in [1.165, 1.54) is 19.9 Å². The van der Waals surface area contributed by atoms with Crippen LogP contribution in [0, 0.1) is 11.6 Å². The Balaban J connectivity index is 2.96. The molecule has 0 fully saturated rings. The molecule has 0 radical (unpaired) electrons. The van der Waals surface area contributed by atoms with Crippen molar-refractivity contribution in [3.63, 3.8) is 0 Å². The number of halogens is 2. The van der Waals surface area contributed by atoms with Crippen LogP contribution in [-0.4, -0.2) is 47.8 Å². The number of sulfone groups is 1. The van der Waals surface area contributed by atoms with Crippen LogP contribution >= 0.6 is 0 Å². The second-order valence-corrected chi connectivity index (χ2v) is 8.12. The maximum absolute atomic E-state index is 13.3. The van der Waals surface area contributed by atoms with Crippen molar-refractivity contribution in [2.75, 3.05) is 12.3 Å². The van der Waals surface area contributed by atoms with Gasteiger partial charge in [0.25, 0.3) is 0 Å². The zero-order valence-electron chi connectivity index (χ0n) is 13.3. The third-order valence-electron chi connectivity index (χ3n) is 3.35. The second-order valence-electron chi connectivity index (χ2n) is 5.56. The smallest absolute Gasteiger partial charge is 0.305 e. The number of nitrogens with zero attached hydrogens (tertiary/aromatic N) is 1. The highest BCUT2D eigenvalue weighted by atomic mass is 32.2. The molecule has 0 atom stereocenters. The number of amides is 1. The lowest BCUT2D eigenvalue weighted by Gasteiger charge is -2.22. The van der Waals surface area contributed by atoms with Gasteiger partial charge in [0.05, 0.1) is 11.7 Å². The molecular formula is C15H19F2NO5S. The molecule has 0 saturated heterocycles. The van der Waals surface area contributed by atoms with Gasteiger partial charge in [-0.3, -0.25) is 9.59 Å². The maximum Gasteiger partial charge on any atom is 0.305 e. The Kier molecular flexibility index (Phi) is 6.82. The summed E-state index contributed by atoms with van der Waals surface area (Å²) >= 11 is 0. The Morgan fingerprint density at radius 2 is 1.83 bits per heavy atom. The lowest BCUT2D eigenvalue weighted by Crippen LogP contribution is -2.38. The van der Waals surface area contributed by atoms with Gasteiger partial charge < -0.3 is 10.0 Å². The summed E-state index contributed by atoms with van der Waals surface area (Å²) in [7, 11) is -3.66. The van der Waals surface area contributed by atoms with Crippen LogP contribution < -0.4 is 0 Å². The first-order valence-electron chi connectivity index (χ1n) is 7.18. The summed E-state index contributed by atoms with van der Waals surface area (Å²) in [6.07, 6.45) is -0.392. The Morgan fingerprint density at radius 1 is 1.21 bits per heavy atom. The van der Waals surface area contributed by atoms with E-state index < -0.39 is 50.8 Å². The number of carbonyl (C=O) groups is 2. The summed E-state index contributed by atoms with van der Waals surface area (Å²) in [5, 5.41) is 7.99. The van der Waals surface area contributed by atoms with Crippen molar-refractivity contribution >= 4 is 21.7 Å². The number of carboxylic acid groups (broad SMARTS) is 1. The molecule has 0 aliphatic heterocycles. The molecule has 24 heavy (non-hydrogen) atoms. The zero-order chi connectivity index (χ0) is 18.5. The molecule has 9 heteroatoms. The molecule has 1 N–H and O–H groups in total. The Bertz CT molecular complexity index is 719. The van der Waals surface area contributed by atoms with Crippen LogP contribution in [0.2, 0.25) is 0 Å². The van der Waals surface area contributed by atoms with E-state index in [2.05, 4.69) is 0 Å². The van der Waals surface area contributed by atoms with Crippen molar-refractivity contribution < 1.29 is 31.9 Å². The van der Waals surface area contributed by atoms with Gasteiger partial charge in [-0.15, -0.1) is 0 Å². The lowest BCUT2D eigenvalue weighted by atomic mass is 10.2. The van der Waals surface area contributed by atoms with Crippen LogP contribution in [0.25, 0.3) is 0 Å². The summed E-state index contributed by atoms with van der Waals surface area (Å²) in [6, 6.07) is 3.01. The molecule has 1 aromatic rings. The highest BCUT2D eigenvalue weighted by molar-refractivity contribution is 7.92. The van der Waals surface area contributed by atoms with Crippen LogP contribution in [0.3, 0.4) is 0 Å². The van der Waals surface area contributed by atoms with Gasteiger partial charge >= 0.3 is 5.97 Å². The summed E-state index contributed by atoms with van der Waals surface area (Å²) < 4.78 is 49.9. The number of benzene rings is 1. The van der Waals surface area contributed by atoms with Crippen molar-refractivity contribution in [3.05, 3.63) is 35.4 Å². The van der Waals surface area contributed by atoms with E-state index in [9.17, 15) is 26.8 Å². The monoisotopic (exact) mass is 363 g/mol. The molecule has 134 valence electrons. The highest BCUT2D eigenvalue weighted by Gasteiger charge is 2.25. The van der Waals surface area contributed by atoms with Gasteiger partial charge in [0.2, 0.25) is 5.91 Å². The molecule has 0 spiro atoms. The van der Waals surface area contributed by atoms with Crippen molar-refractivity contribution in [2.45, 2.75) is 32.1 Å². The summed E-state index contributed by atoms with van der Waals surface area (Å²) in [5.74, 6) is -4.87. The Morgan fingerprint density at radius 3 is 2.33 bits per heavy atom. The van der Waals surface area contributed by atoms with Crippen molar-refractivity contribution in [1.29, 1.82) is 0 Å². The standard InChI is InChI=1S/C15H19F2NO5S/c1-10(2)24(22,23)9-14(19)18(6-5-15(20)21)8-11-3-4-12(16)13(17)7-11/h3-4,7,10H,5-6,8-9H2,1-2H3,(H,20,21). The van der Waals surface area contributed by atoms with E-state index in [1.54, 1.807) is 0 Å². The zero-order valence-corrected chi connectivity index (χ0v) is 14.1. The fourth-order valence-electron chi connectivity index (χ4n) is 1.81. The van der Waals surface area contributed by atoms with Gasteiger partial charge in [-0.1, -0.05) is 6.07 Å². The molecule has 1 aromatic carbocycles. The molecule has 1 rings (SSSR count). The van der Waals surface area contributed by atoms with Gasteiger partial charge in [0.1, 0.15) is 5.75 Å². The van der Waals surface area contributed by atoms with E-state index in [4.69, 9.17) is 5.11 Å². The number of carboxylic acids is 1. The van der Waals surface area contributed by atoms with Crippen molar-refractivity contribution in [3.8, 4) is 0 Å². The summed E-state index contributed by atoms with van der Waals surface area (Å²) in [6.45, 7) is 2.41. The Labute approximate surface area is 139 Å². The molecule has 6 nitrogen and oxygen atoms in total. The second kappa shape index (κ2) is 8.18. The fourth-order valence-corrected chi connectivity index (χ4v) is 2.67. The first kappa shape index (κ1) is 20.0. The first-order chi connectivity index (χ1) is 11.0. The van der Waals surface area contributed by atoms with Crippen molar-refractivity contribution in [1.82, 2.24) is 4.90 Å². The minimum Gasteiger partial charge on any atom is -0.481 e. The van der Waals surface area contributed by atoms with Gasteiger partial charge in [-0.05, 0) is 31.5 Å². The normalized spacial score (nSPS) is 11.5. The van der Waals surface area contributed by atoms with E-state index in [1.807, 2.05) is 0 Å². The molecule has 1 amide bonds. The van der Waals surface area contributed by atoms with Gasteiger partial charge in [-0.2, -0.15) is 0 Å². The number of hydrogen-bond acceptors (Lipinski definition) is 4. The van der Waals surface area contributed by atoms with E-state index >= 15 is 0 Å². The number of aliphatic carboxylic acids is 1. The first-order valence-corrected chi connectivity index (χ1v) is 8.89. The maximum atomic E-state index is 13.3. The van der Waals surface area contributed by atoms with Crippen LogP contribution in [0.4, 0.5) is 8.78 Å². The summed E-state index contributed by atoms with van der Waals surface area (Å²) in [4.78, 5) is 23.9. The largest absolute Gasteiger partial charge is 0.481 e. The van der Waals surface area contributed by atoms with Crippen LogP contribution in [0.15, 0.2) is 18.2 Å². The van der Waals surface area contributed by atoms with Crippen LogP contribution in [0.1, 0.15) is 25.8 Å². The lowest BCUT2D eigenvalue weighted by molar-refractivity contribution is -0.138. The molecule has 0 aliphatic rings. The summed E-state index contributed by atoms with van der Waals surface area (Å²) in [5.41, 5.74) is 0.231. The van der Waals surface area contributed by atoms with E-state index in [0.29, 0.717) is 0 Å². The average Bonchev–Trinajstić information content (AvgIpc) is 2.46. The number of hydrogen-bond donors (Lipinski definition) is 1. The fraction of sp³-hybridized carbons (Fsp3) is 0.467. The SMILES string of the molecule is CC(C)S(=O)(=O)CC(=O)N(CCC(=O)O)Cc1ccc(F)c(F)c1. The van der Waals surface area contributed by atoms with Crippen LogP contribution in [0.5, 0.6) is 0 Å². The number of carbonyl (C=O) groups excluding carboxylic acids is 1. The van der Waals surface area contributed by atoms with Crippen molar-refractivity contribution in [2.24, 2.45) is 0 Å². The molecule has 0 heterocycles. The Hall–Kier alpha value is -2.03. The van der Waals surface area contributed by atoms with Gasteiger partial charge in [-0.25, -0.2) is 17.2 Å². The van der Waals surface area contributed by atoms with Gasteiger partial charge in [0, 0.05) is 13.1 Å².